The number of nitrogens with one attached hydrogen (secondary N) is 2. The molecule has 1 unspecified atom stereocenters. The van der Waals surface area contributed by atoms with Gasteiger partial charge in [0, 0.05) is 12.3 Å². The molecule has 138 valence electrons. The first-order valence-corrected chi connectivity index (χ1v) is 8.55. The lowest BCUT2D eigenvalue weighted by Gasteiger charge is -2.16. The van der Waals surface area contributed by atoms with Gasteiger partial charge in [0.1, 0.15) is 5.82 Å². The summed E-state index contributed by atoms with van der Waals surface area (Å²) in [7, 11) is 0. The van der Waals surface area contributed by atoms with Crippen LogP contribution in [0.3, 0.4) is 0 Å². The van der Waals surface area contributed by atoms with Gasteiger partial charge in [0.2, 0.25) is 6.79 Å². The molecule has 4 rings (SSSR count). The number of rotatable bonds is 4. The summed E-state index contributed by atoms with van der Waals surface area (Å²) in [6.07, 6.45) is 1.68. The van der Waals surface area contributed by atoms with Crippen molar-refractivity contribution in [2.24, 2.45) is 0 Å². The van der Waals surface area contributed by atoms with Crippen molar-refractivity contribution in [3.05, 3.63) is 59.9 Å². The molecule has 0 aliphatic carbocycles. The second-order valence-corrected chi connectivity index (χ2v) is 6.20. The van der Waals surface area contributed by atoms with Crippen LogP contribution in [0, 0.1) is 6.92 Å². The normalized spacial score (nSPS) is 13.3. The van der Waals surface area contributed by atoms with E-state index in [2.05, 4.69) is 20.7 Å². The third kappa shape index (κ3) is 3.55. The quantitative estimate of drug-likeness (QED) is 0.741. The van der Waals surface area contributed by atoms with Crippen molar-refractivity contribution >= 4 is 11.8 Å². The fourth-order valence-electron chi connectivity index (χ4n) is 2.86. The molecular formula is C19H19N5O3. The Morgan fingerprint density at radius 2 is 2.04 bits per heavy atom. The van der Waals surface area contributed by atoms with Gasteiger partial charge in [-0.1, -0.05) is 12.1 Å². The zero-order valence-corrected chi connectivity index (χ0v) is 15.0. The lowest BCUT2D eigenvalue weighted by Crippen LogP contribution is -2.31. The van der Waals surface area contributed by atoms with Gasteiger partial charge in [-0.15, -0.1) is 0 Å². The molecule has 0 bridgehead atoms. The summed E-state index contributed by atoms with van der Waals surface area (Å²) in [5, 5.41) is 10.1. The molecule has 27 heavy (non-hydrogen) atoms. The van der Waals surface area contributed by atoms with Gasteiger partial charge in [0.25, 0.3) is 0 Å². The minimum atomic E-state index is -0.336. The molecule has 1 aliphatic rings. The molecule has 2 aromatic heterocycles. The Balaban J connectivity index is 1.47. The highest BCUT2D eigenvalue weighted by molar-refractivity contribution is 5.89. The zero-order valence-electron chi connectivity index (χ0n) is 15.0. The molecule has 1 atom stereocenters. The smallest absolute Gasteiger partial charge is 0.320 e. The molecule has 2 amide bonds. The van der Waals surface area contributed by atoms with Crippen molar-refractivity contribution in [2.45, 2.75) is 19.9 Å². The number of hydrogen-bond donors (Lipinski definition) is 2. The second kappa shape index (κ2) is 6.99. The number of fused-ring (bicyclic) bond motifs is 1. The molecule has 0 fully saturated rings. The second-order valence-electron chi connectivity index (χ2n) is 6.20. The van der Waals surface area contributed by atoms with Crippen LogP contribution in [0.5, 0.6) is 11.5 Å². The van der Waals surface area contributed by atoms with Crippen LogP contribution in [0.1, 0.15) is 24.2 Å². The minimum absolute atomic E-state index is 0.216. The van der Waals surface area contributed by atoms with Gasteiger partial charge < -0.3 is 14.8 Å². The summed E-state index contributed by atoms with van der Waals surface area (Å²) in [6, 6.07) is 12.4. The summed E-state index contributed by atoms with van der Waals surface area (Å²) < 4.78 is 12.3. The first kappa shape index (κ1) is 16.9. The van der Waals surface area contributed by atoms with Gasteiger partial charge in [-0.2, -0.15) is 9.78 Å². The number of anilines is 1. The molecule has 0 saturated heterocycles. The Kier molecular flexibility index (Phi) is 4.37. The monoisotopic (exact) mass is 365 g/mol. The van der Waals surface area contributed by atoms with Crippen molar-refractivity contribution in [1.82, 2.24) is 20.1 Å². The number of carbonyl (C=O) groups excluding carboxylic acids is 1. The van der Waals surface area contributed by atoms with E-state index in [4.69, 9.17) is 9.47 Å². The van der Waals surface area contributed by atoms with E-state index < -0.39 is 0 Å². The molecule has 1 aliphatic heterocycles. The van der Waals surface area contributed by atoms with E-state index >= 15 is 0 Å². The fraction of sp³-hybridized carbons (Fsp3) is 0.211. The van der Waals surface area contributed by atoms with E-state index in [1.54, 1.807) is 16.9 Å². The van der Waals surface area contributed by atoms with Gasteiger partial charge in [0.05, 0.1) is 11.7 Å². The minimum Gasteiger partial charge on any atom is -0.454 e. The lowest BCUT2D eigenvalue weighted by molar-refractivity contribution is 0.174. The molecule has 0 radical (unpaired) electrons. The van der Waals surface area contributed by atoms with Gasteiger partial charge in [-0.3, -0.25) is 5.32 Å². The number of ether oxygens (including phenoxy) is 2. The van der Waals surface area contributed by atoms with Crippen molar-refractivity contribution in [1.29, 1.82) is 0 Å². The maximum atomic E-state index is 12.5. The third-order valence-corrected chi connectivity index (χ3v) is 4.18. The van der Waals surface area contributed by atoms with Crippen molar-refractivity contribution in [3.63, 3.8) is 0 Å². The number of urea groups is 1. The van der Waals surface area contributed by atoms with Crippen LogP contribution >= 0.6 is 0 Å². The Morgan fingerprint density at radius 3 is 2.85 bits per heavy atom. The van der Waals surface area contributed by atoms with Crippen LogP contribution in [0.4, 0.5) is 10.6 Å². The van der Waals surface area contributed by atoms with E-state index in [9.17, 15) is 4.79 Å². The number of carbonyl (C=O) groups is 1. The number of hydrogen-bond acceptors (Lipinski definition) is 5. The number of amides is 2. The largest absolute Gasteiger partial charge is 0.454 e. The Morgan fingerprint density at radius 1 is 1.19 bits per heavy atom. The van der Waals surface area contributed by atoms with E-state index in [-0.39, 0.29) is 18.9 Å². The third-order valence-electron chi connectivity index (χ3n) is 4.18. The first-order valence-electron chi connectivity index (χ1n) is 8.55. The topological polar surface area (TPSA) is 90.3 Å². The highest BCUT2D eigenvalue weighted by atomic mass is 16.7. The van der Waals surface area contributed by atoms with Crippen LogP contribution in [0.25, 0.3) is 5.82 Å². The van der Waals surface area contributed by atoms with Crippen LogP contribution < -0.4 is 20.1 Å². The molecule has 0 spiro atoms. The molecule has 3 aromatic rings. The Hall–Kier alpha value is -3.55. The van der Waals surface area contributed by atoms with E-state index in [1.807, 2.05) is 50.2 Å². The molecule has 8 nitrogen and oxygen atoms in total. The van der Waals surface area contributed by atoms with Gasteiger partial charge in [-0.05, 0) is 43.7 Å². The van der Waals surface area contributed by atoms with Crippen LogP contribution in [-0.2, 0) is 0 Å². The van der Waals surface area contributed by atoms with Crippen LogP contribution in [0.15, 0.2) is 48.7 Å². The maximum Gasteiger partial charge on any atom is 0.320 e. The number of pyridine rings is 1. The summed E-state index contributed by atoms with van der Waals surface area (Å²) in [6.45, 7) is 3.98. The molecule has 3 heterocycles. The first-order chi connectivity index (χ1) is 13.1. The van der Waals surface area contributed by atoms with Crippen LogP contribution in [0.2, 0.25) is 0 Å². The summed E-state index contributed by atoms with van der Waals surface area (Å²) >= 11 is 0. The Bertz CT molecular complexity index is 971. The van der Waals surface area contributed by atoms with E-state index in [0.29, 0.717) is 23.1 Å². The molecule has 2 N–H and O–H groups in total. The lowest BCUT2D eigenvalue weighted by atomic mass is 10.1. The standard InChI is InChI=1S/C19H19N5O3/c1-12-9-18(24(23-12)17-5-3-4-8-20-17)22-19(25)21-13(2)14-6-7-15-16(10-14)27-11-26-15/h3-10,13H,11H2,1-2H3,(H2,21,22,25). The van der Waals surface area contributed by atoms with Gasteiger partial charge >= 0.3 is 6.03 Å². The zero-order chi connectivity index (χ0) is 18.8. The fourth-order valence-corrected chi connectivity index (χ4v) is 2.86. The number of benzene rings is 1. The highest BCUT2D eigenvalue weighted by Crippen LogP contribution is 2.34. The van der Waals surface area contributed by atoms with Crippen molar-refractivity contribution in [3.8, 4) is 17.3 Å². The van der Waals surface area contributed by atoms with Crippen molar-refractivity contribution < 1.29 is 14.3 Å². The Labute approximate surface area is 156 Å². The average Bonchev–Trinajstić information content (AvgIpc) is 3.27. The number of aromatic nitrogens is 3. The molecule has 0 saturated carbocycles. The average molecular weight is 365 g/mol. The van der Waals surface area contributed by atoms with Gasteiger partial charge in [-0.25, -0.2) is 9.78 Å². The SMILES string of the molecule is Cc1cc(NC(=O)NC(C)c2ccc3c(c2)OCO3)n(-c2ccccn2)n1. The molecule has 1 aromatic carbocycles. The van der Waals surface area contributed by atoms with E-state index in [0.717, 1.165) is 11.3 Å². The predicted octanol–water partition coefficient (Wildman–Crippen LogP) is 3.19. The van der Waals surface area contributed by atoms with Gasteiger partial charge in [0.15, 0.2) is 17.3 Å². The molecule has 8 heteroatoms. The molecular weight excluding hydrogens is 346 g/mol. The number of nitrogens with zero attached hydrogens (tertiary/aromatic N) is 3. The maximum absolute atomic E-state index is 12.5. The number of aryl methyl sites for hydroxylation is 1. The predicted molar refractivity (Wildman–Crippen MR) is 99.2 cm³/mol. The van der Waals surface area contributed by atoms with Crippen LogP contribution in [-0.4, -0.2) is 27.6 Å². The van der Waals surface area contributed by atoms with Crippen molar-refractivity contribution in [2.75, 3.05) is 12.1 Å². The summed E-state index contributed by atoms with van der Waals surface area (Å²) in [5.41, 5.74) is 1.70. The highest BCUT2D eigenvalue weighted by Gasteiger charge is 2.18. The summed E-state index contributed by atoms with van der Waals surface area (Å²) in [5.74, 6) is 2.57. The summed E-state index contributed by atoms with van der Waals surface area (Å²) in [4.78, 5) is 16.8. The van der Waals surface area contributed by atoms with E-state index in [1.165, 1.54) is 0 Å².